The minimum absolute atomic E-state index is 0.360. The Bertz CT molecular complexity index is 5410. The molecule has 0 amide bonds. The van der Waals surface area contributed by atoms with Crippen molar-refractivity contribution in [1.29, 1.82) is 15.8 Å². The van der Waals surface area contributed by atoms with E-state index in [9.17, 15) is 15.8 Å². The summed E-state index contributed by atoms with van der Waals surface area (Å²) in [6, 6.07) is 112. The predicted octanol–water partition coefficient (Wildman–Crippen LogP) is 18.3. The largest absolute Gasteiger partial charge is 0.311 e. The Hall–Kier alpha value is -13.2. The van der Waals surface area contributed by atoms with E-state index >= 15 is 0 Å². The summed E-state index contributed by atoms with van der Waals surface area (Å²) in [5.74, 6) is 1.47. The van der Waals surface area contributed by atoms with Crippen molar-refractivity contribution in [3.05, 3.63) is 320 Å². The van der Waals surface area contributed by atoms with Crippen LogP contribution in [0.5, 0.6) is 0 Å². The lowest BCUT2D eigenvalue weighted by atomic mass is 9.33. The van der Waals surface area contributed by atoms with Crippen LogP contribution < -0.4 is 26.2 Å². The Labute approximate surface area is 543 Å². The van der Waals surface area contributed by atoms with Crippen LogP contribution in [0.4, 0.5) is 34.1 Å². The van der Waals surface area contributed by atoms with Gasteiger partial charge in [-0.15, -0.1) is 0 Å². The first-order valence-corrected chi connectivity index (χ1v) is 31.2. The van der Waals surface area contributed by atoms with Crippen molar-refractivity contribution in [3.63, 3.8) is 0 Å². The Kier molecular flexibility index (Phi) is 13.3. The van der Waals surface area contributed by atoms with Crippen molar-refractivity contribution < 1.29 is 0 Å². The first-order valence-electron chi connectivity index (χ1n) is 31.2. The molecule has 2 aliphatic heterocycles. The van der Waals surface area contributed by atoms with Gasteiger partial charge in [-0.1, -0.05) is 188 Å². The second kappa shape index (κ2) is 22.7. The third-order valence-electron chi connectivity index (χ3n) is 18.3. The summed E-state index contributed by atoms with van der Waals surface area (Å²) in [5.41, 5.74) is 23.9. The summed E-state index contributed by atoms with van der Waals surface area (Å²) in [7, 11) is 0. The fraction of sp³-hybridized carbons (Fsp3) is 0. The Morgan fingerprint density at radius 2 is 0.628 bits per heavy atom. The van der Waals surface area contributed by atoms with E-state index in [0.717, 1.165) is 134 Å². The zero-order valence-electron chi connectivity index (χ0n) is 50.5. The monoisotopic (exact) mass is 1200 g/mol. The van der Waals surface area contributed by atoms with Crippen LogP contribution in [0.15, 0.2) is 303 Å². The van der Waals surface area contributed by atoms with Gasteiger partial charge in [0, 0.05) is 61.6 Å². The van der Waals surface area contributed by atoms with E-state index in [2.05, 4.69) is 215 Å². The van der Waals surface area contributed by atoms with E-state index in [1.165, 1.54) is 0 Å². The summed E-state index contributed by atoms with van der Waals surface area (Å²) in [6.07, 6.45) is 0. The molecule has 0 saturated carbocycles. The minimum atomic E-state index is -0.360. The van der Waals surface area contributed by atoms with Crippen LogP contribution in [-0.2, 0) is 0 Å². The molecule has 0 saturated heterocycles. The van der Waals surface area contributed by atoms with Gasteiger partial charge in [-0.25, -0.2) is 15.0 Å². The van der Waals surface area contributed by atoms with E-state index in [0.29, 0.717) is 39.7 Å². The van der Waals surface area contributed by atoms with Gasteiger partial charge in [0.1, 0.15) is 0 Å². The number of hydrogen-bond acceptors (Lipinski definition) is 8. The first kappa shape index (κ1) is 54.9. The Morgan fingerprint density at radius 3 is 1.05 bits per heavy atom. The van der Waals surface area contributed by atoms with Gasteiger partial charge in [0.2, 0.25) is 0 Å². The van der Waals surface area contributed by atoms with Crippen LogP contribution in [0.25, 0.3) is 106 Å². The third kappa shape index (κ3) is 9.36. The standard InChI is InChI=1S/C84H50BN9/c86-51-54-26-39-76(71(44-54)84-90-82(62-22-12-4-13-23-62)89-83(91-84)63-24-14-5-15-25-63)94-74-42-33-64(59-20-10-3-11-21-59)47-69(74)70-48-65(34-43-75(70)94)66-49-79-81-80(50-66)93(68-37-31-61(32-38-68)58-18-8-2-9-19-58)78-41-28-56(53-88)46-73(78)85(81)72-45-55(52-87)27-40-77(72)92(79)67-35-29-60(30-36-67)57-16-6-1-7-17-57/h1-50H. The van der Waals surface area contributed by atoms with Gasteiger partial charge in [-0.3, -0.25) is 0 Å². The van der Waals surface area contributed by atoms with E-state index < -0.39 is 0 Å². The number of benzene rings is 13. The third-order valence-corrected chi connectivity index (χ3v) is 18.3. The smallest absolute Gasteiger partial charge is 0.252 e. The first-order chi connectivity index (χ1) is 46.4. The van der Waals surface area contributed by atoms with Crippen LogP contribution >= 0.6 is 0 Å². The van der Waals surface area contributed by atoms with E-state index in [4.69, 9.17) is 15.0 Å². The van der Waals surface area contributed by atoms with E-state index in [1.807, 2.05) is 121 Å². The molecule has 2 aromatic heterocycles. The lowest BCUT2D eigenvalue weighted by molar-refractivity contribution is 1.06. The predicted molar refractivity (Wildman–Crippen MR) is 380 cm³/mol. The number of nitriles is 3. The molecule has 0 spiro atoms. The highest BCUT2D eigenvalue weighted by molar-refractivity contribution is 7.00. The minimum Gasteiger partial charge on any atom is -0.311 e. The summed E-state index contributed by atoms with van der Waals surface area (Å²) in [6.45, 7) is -0.360. The molecule has 0 aliphatic carbocycles. The number of hydrogen-bond donors (Lipinski definition) is 0. The summed E-state index contributed by atoms with van der Waals surface area (Å²) in [4.78, 5) is 20.2. The lowest BCUT2D eigenvalue weighted by Gasteiger charge is -2.44. The fourth-order valence-corrected chi connectivity index (χ4v) is 13.9. The molecule has 0 radical (unpaired) electrons. The molecule has 0 N–H and O–H groups in total. The molecule has 0 fully saturated rings. The van der Waals surface area contributed by atoms with Gasteiger partial charge in [0.25, 0.3) is 6.71 Å². The number of rotatable bonds is 10. The molecule has 0 unspecified atom stereocenters. The Morgan fingerprint density at radius 1 is 0.277 bits per heavy atom. The summed E-state index contributed by atoms with van der Waals surface area (Å²) >= 11 is 0. The molecule has 2 aliphatic rings. The van der Waals surface area contributed by atoms with Crippen molar-refractivity contribution in [2.45, 2.75) is 0 Å². The molecule has 10 heteroatoms. The van der Waals surface area contributed by atoms with Crippen molar-refractivity contribution in [3.8, 4) is 103 Å². The quantitative estimate of drug-likeness (QED) is 0.124. The molecule has 94 heavy (non-hydrogen) atoms. The summed E-state index contributed by atoms with van der Waals surface area (Å²) in [5, 5.41) is 34.0. The highest BCUT2D eigenvalue weighted by Crippen LogP contribution is 2.48. The zero-order valence-corrected chi connectivity index (χ0v) is 50.5. The van der Waals surface area contributed by atoms with E-state index in [-0.39, 0.29) is 6.71 Å². The highest BCUT2D eigenvalue weighted by atomic mass is 15.2. The fourth-order valence-electron chi connectivity index (χ4n) is 13.9. The van der Waals surface area contributed by atoms with Gasteiger partial charge in [-0.2, -0.15) is 15.8 Å². The van der Waals surface area contributed by atoms with Gasteiger partial charge in [0.05, 0.1) is 51.6 Å². The maximum absolute atomic E-state index is 10.6. The average Bonchev–Trinajstić information content (AvgIpc) is 1.01. The average molecular weight is 1200 g/mol. The molecular formula is C84H50BN9. The van der Waals surface area contributed by atoms with Gasteiger partial charge >= 0.3 is 0 Å². The van der Waals surface area contributed by atoms with Crippen LogP contribution in [0.3, 0.4) is 0 Å². The molecule has 0 bridgehead atoms. The lowest BCUT2D eigenvalue weighted by Crippen LogP contribution is -2.61. The van der Waals surface area contributed by atoms with Gasteiger partial charge in [-0.05, 0) is 176 Å². The zero-order chi connectivity index (χ0) is 62.8. The maximum atomic E-state index is 10.6. The van der Waals surface area contributed by atoms with Crippen LogP contribution in [0.1, 0.15) is 16.7 Å². The number of anilines is 6. The highest BCUT2D eigenvalue weighted by Gasteiger charge is 2.44. The van der Waals surface area contributed by atoms with Crippen molar-refractivity contribution in [1.82, 2.24) is 19.5 Å². The molecule has 0 atom stereocenters. The molecule has 4 heterocycles. The van der Waals surface area contributed by atoms with E-state index in [1.54, 1.807) is 0 Å². The SMILES string of the molecule is N#Cc1ccc2c(c1)B1c3cc(C#N)ccc3N(c3ccc(-c4ccccc4)cc3)c3cc(-c4ccc5c(c4)c4cc(-c6ccccc6)ccc4n5-c4ccc(C#N)cc4-c4nc(-c5ccccc5)nc(-c5ccccc5)n4)cc(c31)N2c1ccc(-c2ccccc2)cc1. The van der Waals surface area contributed by atoms with Crippen LogP contribution in [0, 0.1) is 34.0 Å². The van der Waals surface area contributed by atoms with Crippen LogP contribution in [0.2, 0.25) is 0 Å². The van der Waals surface area contributed by atoms with Crippen molar-refractivity contribution in [2.75, 3.05) is 9.80 Å². The second-order valence-electron chi connectivity index (χ2n) is 23.7. The van der Waals surface area contributed by atoms with Crippen LogP contribution in [-0.4, -0.2) is 26.2 Å². The molecular weight excluding hydrogens is 1150 g/mol. The molecule has 13 aromatic carbocycles. The molecule has 434 valence electrons. The van der Waals surface area contributed by atoms with Crippen molar-refractivity contribution in [2.24, 2.45) is 0 Å². The van der Waals surface area contributed by atoms with Gasteiger partial charge < -0.3 is 14.4 Å². The topological polar surface area (TPSA) is 121 Å². The molecule has 15 aromatic rings. The second-order valence-corrected chi connectivity index (χ2v) is 23.7. The molecule has 17 rings (SSSR count). The van der Waals surface area contributed by atoms with Crippen molar-refractivity contribution >= 4 is 79.0 Å². The summed E-state index contributed by atoms with van der Waals surface area (Å²) < 4.78 is 2.29. The molecule has 9 nitrogen and oxygen atoms in total. The normalized spacial score (nSPS) is 11.9. The number of fused-ring (bicyclic) bond motifs is 7. The maximum Gasteiger partial charge on any atom is 0.252 e. The number of nitrogens with zero attached hydrogens (tertiary/aromatic N) is 9. The number of aromatic nitrogens is 4. The Balaban J connectivity index is 0.924. The van der Waals surface area contributed by atoms with Gasteiger partial charge in [0.15, 0.2) is 17.5 Å².